The Labute approximate surface area is 100 Å². The van der Waals surface area contributed by atoms with Crippen LogP contribution in [0.1, 0.15) is 13.8 Å². The summed E-state index contributed by atoms with van der Waals surface area (Å²) in [6.07, 6.45) is 6.95. The van der Waals surface area contributed by atoms with Crippen molar-refractivity contribution in [2.75, 3.05) is 0 Å². The van der Waals surface area contributed by atoms with Gasteiger partial charge >= 0.3 is 33.9 Å². The van der Waals surface area contributed by atoms with E-state index >= 15 is 0 Å². The topological polar surface area (TPSA) is 76.8 Å². The van der Waals surface area contributed by atoms with Crippen molar-refractivity contribution in [3.63, 3.8) is 0 Å². The molecular weight excluding hydrogens is 240 g/mol. The summed E-state index contributed by atoms with van der Waals surface area (Å²) in [6.45, 7) is 16.9. The van der Waals surface area contributed by atoms with Crippen LogP contribution in [0.2, 0.25) is 0 Å². The van der Waals surface area contributed by atoms with E-state index in [0.717, 1.165) is 0 Å². The average Bonchev–Trinajstić information content (AvgIpc) is 2.27. The first kappa shape index (κ1) is 29.2. The molecule has 0 bridgehead atoms. The fourth-order valence-electron chi connectivity index (χ4n) is 0.302. The Bertz CT molecular complexity index is 209. The maximum atomic E-state index is 10.2. The molecular formula is C10H10FeO4. The Morgan fingerprint density at radius 3 is 1.53 bits per heavy atom. The van der Waals surface area contributed by atoms with Crippen molar-refractivity contribution in [1.29, 1.82) is 0 Å². The van der Waals surface area contributed by atoms with Gasteiger partial charge in [0.05, 0.1) is 0 Å². The van der Waals surface area contributed by atoms with E-state index in [1.54, 1.807) is 6.08 Å². The monoisotopic (exact) mass is 250 g/mol. The van der Waals surface area contributed by atoms with E-state index in [0.29, 0.717) is 0 Å². The van der Waals surface area contributed by atoms with Crippen LogP contribution in [0.25, 0.3) is 0 Å². The smallest absolute Gasteiger partial charge is 0 e. The van der Waals surface area contributed by atoms with Crippen LogP contribution in [0, 0.1) is 20.0 Å². The number of carbonyl (C=O) groups is 1. The van der Waals surface area contributed by atoms with E-state index in [1.165, 1.54) is 13.0 Å². The van der Waals surface area contributed by atoms with E-state index in [4.69, 9.17) is 14.0 Å². The minimum absolute atomic E-state index is 0. The zero-order chi connectivity index (χ0) is 12.4. The molecule has 0 rings (SSSR count). The fourth-order valence-corrected chi connectivity index (χ4v) is 0.302. The molecule has 0 unspecified atom stereocenters. The molecule has 0 aromatic heterocycles. The summed E-state index contributed by atoms with van der Waals surface area (Å²) in [7, 11) is 0. The van der Waals surface area contributed by atoms with Crippen LogP contribution in [0.5, 0.6) is 0 Å². The summed E-state index contributed by atoms with van der Waals surface area (Å²) < 4.78 is 22.5. The molecule has 0 spiro atoms. The van der Waals surface area contributed by atoms with Crippen molar-refractivity contribution in [3.05, 3.63) is 44.3 Å². The SMILES string of the molecule is C/C=C/C=CC(C)=O.[C-]#[O+].[C-]#[O+].[C-]#[O+].[Fe]. The molecule has 82 valence electrons. The van der Waals surface area contributed by atoms with Crippen LogP contribution in [0.15, 0.2) is 24.3 Å². The molecule has 15 heavy (non-hydrogen) atoms. The van der Waals surface area contributed by atoms with E-state index < -0.39 is 0 Å². The summed E-state index contributed by atoms with van der Waals surface area (Å²) in [6, 6.07) is 0. The summed E-state index contributed by atoms with van der Waals surface area (Å²) in [4.78, 5) is 10.2. The second-order valence-corrected chi connectivity index (χ2v) is 1.50. The van der Waals surface area contributed by atoms with E-state index in [1.807, 2.05) is 19.1 Å². The first-order chi connectivity index (χ1) is 6.77. The number of hydrogen-bond donors (Lipinski definition) is 0. The number of allylic oxidation sites excluding steroid dienone is 4. The Kier molecular flexibility index (Phi) is 102. The van der Waals surface area contributed by atoms with Crippen molar-refractivity contribution < 1.29 is 35.8 Å². The van der Waals surface area contributed by atoms with Crippen LogP contribution in [-0.4, -0.2) is 5.78 Å². The summed E-state index contributed by atoms with van der Waals surface area (Å²) >= 11 is 0. The summed E-state index contributed by atoms with van der Waals surface area (Å²) in [5.74, 6) is 0.0862. The van der Waals surface area contributed by atoms with Crippen LogP contribution < -0.4 is 0 Å². The molecule has 0 heterocycles. The van der Waals surface area contributed by atoms with E-state index in [-0.39, 0.29) is 22.9 Å². The molecule has 4 nitrogen and oxygen atoms in total. The Hall–Kier alpha value is -1.11. The first-order valence-corrected chi connectivity index (χ1v) is 3.18. The van der Waals surface area contributed by atoms with Gasteiger partial charge in [0.2, 0.25) is 0 Å². The number of ketones is 1. The van der Waals surface area contributed by atoms with Crippen LogP contribution in [0.3, 0.4) is 0 Å². The minimum atomic E-state index is 0. The first-order valence-electron chi connectivity index (χ1n) is 3.18. The molecule has 0 aliphatic heterocycles. The molecule has 0 radical (unpaired) electrons. The third kappa shape index (κ3) is 101. The number of carbonyl (C=O) groups excluding carboxylic acids is 1. The molecule has 5 heteroatoms. The van der Waals surface area contributed by atoms with Gasteiger partial charge in [0.1, 0.15) is 0 Å². The predicted octanol–water partition coefficient (Wildman–Crippen LogP) is 1.59. The number of rotatable bonds is 2. The Morgan fingerprint density at radius 1 is 1.00 bits per heavy atom. The molecule has 0 aromatic rings. The standard InChI is InChI=1S/C7H10O.3CO.Fe/c1-3-4-5-6-7(2)8;3*1-2;/h3-6H,1-2H3;;;;/b4-3+,6-5?;;;;. The van der Waals surface area contributed by atoms with Crippen molar-refractivity contribution in [2.24, 2.45) is 0 Å². The molecule has 0 fully saturated rings. The average molecular weight is 250 g/mol. The Balaban J connectivity index is -0.0000000410. The van der Waals surface area contributed by atoms with Gasteiger partial charge in [-0.05, 0) is 19.9 Å². The normalized spacial score (nSPS) is 6.40. The van der Waals surface area contributed by atoms with E-state index in [9.17, 15) is 4.79 Å². The van der Waals surface area contributed by atoms with Gasteiger partial charge in [0.15, 0.2) is 5.78 Å². The van der Waals surface area contributed by atoms with Gasteiger partial charge in [-0.15, -0.1) is 0 Å². The van der Waals surface area contributed by atoms with Crippen LogP contribution in [0.4, 0.5) is 0 Å². The van der Waals surface area contributed by atoms with Gasteiger partial charge in [-0.3, -0.25) is 4.79 Å². The van der Waals surface area contributed by atoms with Gasteiger partial charge in [-0.25, -0.2) is 0 Å². The van der Waals surface area contributed by atoms with Gasteiger partial charge in [0.25, 0.3) is 0 Å². The van der Waals surface area contributed by atoms with Crippen LogP contribution >= 0.6 is 0 Å². The third-order valence-electron chi connectivity index (χ3n) is 0.634. The fraction of sp³-hybridized carbons (Fsp3) is 0.200. The van der Waals surface area contributed by atoms with Gasteiger partial charge in [-0.2, -0.15) is 0 Å². The number of hydrogen-bond acceptors (Lipinski definition) is 1. The van der Waals surface area contributed by atoms with Crippen molar-refractivity contribution in [1.82, 2.24) is 0 Å². The zero-order valence-electron chi connectivity index (χ0n) is 8.30. The minimum Gasteiger partial charge on any atom is 0 e. The molecule has 0 saturated carbocycles. The zero-order valence-corrected chi connectivity index (χ0v) is 9.40. The molecule has 0 atom stereocenters. The summed E-state index contributed by atoms with van der Waals surface area (Å²) in [5, 5.41) is 0. The molecule has 0 aliphatic carbocycles. The second-order valence-electron chi connectivity index (χ2n) is 1.50. The Morgan fingerprint density at radius 2 is 1.33 bits per heavy atom. The third-order valence-corrected chi connectivity index (χ3v) is 0.634. The predicted molar refractivity (Wildman–Crippen MR) is 46.4 cm³/mol. The summed E-state index contributed by atoms with van der Waals surface area (Å²) in [5.41, 5.74) is 0. The molecule has 0 N–H and O–H groups in total. The molecule has 0 aromatic carbocycles. The van der Waals surface area contributed by atoms with Gasteiger partial charge in [-0.1, -0.05) is 18.2 Å². The van der Waals surface area contributed by atoms with E-state index in [2.05, 4.69) is 20.0 Å². The van der Waals surface area contributed by atoms with Crippen molar-refractivity contribution >= 4 is 5.78 Å². The second kappa shape index (κ2) is 52.5. The van der Waals surface area contributed by atoms with Gasteiger partial charge in [0, 0.05) is 17.1 Å². The maximum Gasteiger partial charge on any atom is 0 e. The van der Waals surface area contributed by atoms with Crippen LogP contribution in [-0.2, 0) is 35.8 Å². The molecule has 0 aliphatic rings. The van der Waals surface area contributed by atoms with Gasteiger partial charge < -0.3 is 0 Å². The quantitative estimate of drug-likeness (QED) is 0.241. The van der Waals surface area contributed by atoms with Crippen molar-refractivity contribution in [3.8, 4) is 0 Å². The molecule has 0 amide bonds. The maximum absolute atomic E-state index is 10.2. The van der Waals surface area contributed by atoms with Crippen molar-refractivity contribution in [2.45, 2.75) is 13.8 Å². The molecule has 0 saturated heterocycles. The largest absolute Gasteiger partial charge is 0 e.